The van der Waals surface area contributed by atoms with Crippen LogP contribution >= 0.6 is 0 Å². The predicted octanol–water partition coefficient (Wildman–Crippen LogP) is 5.61. The van der Waals surface area contributed by atoms with Crippen LogP contribution in [0.3, 0.4) is 0 Å². The number of hydrogen-bond acceptors (Lipinski definition) is 4. The molecule has 9 heteroatoms. The molecule has 3 aromatic carbocycles. The van der Waals surface area contributed by atoms with Gasteiger partial charge in [0.2, 0.25) is 0 Å². The van der Waals surface area contributed by atoms with Gasteiger partial charge >= 0.3 is 6.18 Å². The molecule has 0 bridgehead atoms. The van der Waals surface area contributed by atoms with Crippen LogP contribution in [0, 0.1) is 0 Å². The van der Waals surface area contributed by atoms with Crippen molar-refractivity contribution in [3.05, 3.63) is 83.4 Å². The molecule has 0 aromatic heterocycles. The van der Waals surface area contributed by atoms with Crippen LogP contribution in [0.25, 0.3) is 11.1 Å². The summed E-state index contributed by atoms with van der Waals surface area (Å²) in [4.78, 5) is 29.4. The Labute approximate surface area is 226 Å². The van der Waals surface area contributed by atoms with Crippen LogP contribution in [0.15, 0.2) is 66.7 Å². The first-order valence-electron chi connectivity index (χ1n) is 12.7. The van der Waals surface area contributed by atoms with E-state index in [0.717, 1.165) is 22.4 Å². The molecule has 6 nitrogen and oxygen atoms in total. The average Bonchev–Trinajstić information content (AvgIpc) is 2.90. The molecule has 206 valence electrons. The van der Waals surface area contributed by atoms with E-state index in [0.29, 0.717) is 31.7 Å². The lowest BCUT2D eigenvalue weighted by Gasteiger charge is -2.36. The van der Waals surface area contributed by atoms with Crippen LogP contribution in [0.4, 0.5) is 18.9 Å². The minimum atomic E-state index is -4.47. The number of carbonyl (C=O) groups excluding carboxylic acids is 2. The predicted molar refractivity (Wildman–Crippen MR) is 145 cm³/mol. The maximum Gasteiger partial charge on any atom is 0.405 e. The van der Waals surface area contributed by atoms with Gasteiger partial charge in [0.1, 0.15) is 12.3 Å². The molecule has 0 radical (unpaired) electrons. The van der Waals surface area contributed by atoms with E-state index in [4.69, 9.17) is 0 Å². The van der Waals surface area contributed by atoms with Gasteiger partial charge in [-0.1, -0.05) is 39.0 Å². The summed E-state index contributed by atoms with van der Waals surface area (Å²) < 4.78 is 37.1. The molecule has 1 fully saturated rings. The van der Waals surface area contributed by atoms with E-state index < -0.39 is 18.6 Å². The summed E-state index contributed by atoms with van der Waals surface area (Å²) >= 11 is 0. The molecule has 3 aromatic rings. The third-order valence-corrected chi connectivity index (χ3v) is 6.74. The molecule has 2 amide bonds. The Balaban J connectivity index is 1.45. The number of hydrogen-bond donors (Lipinski definition) is 2. The fraction of sp³-hybridized carbons (Fsp3) is 0.333. The van der Waals surface area contributed by atoms with Gasteiger partial charge < -0.3 is 20.2 Å². The first kappa shape index (κ1) is 28.0. The fourth-order valence-electron chi connectivity index (χ4n) is 4.49. The van der Waals surface area contributed by atoms with Crippen molar-refractivity contribution in [1.29, 1.82) is 0 Å². The summed E-state index contributed by atoms with van der Waals surface area (Å²) in [5.74, 6) is -0.691. The molecule has 2 N–H and O–H groups in total. The average molecular weight is 540 g/mol. The highest BCUT2D eigenvalue weighted by atomic mass is 19.4. The maximum absolute atomic E-state index is 13.6. The molecule has 1 aliphatic rings. The van der Waals surface area contributed by atoms with Crippen LogP contribution in [-0.2, 0) is 5.41 Å². The summed E-state index contributed by atoms with van der Waals surface area (Å²) in [5.41, 5.74) is 4.09. The Kier molecular flexibility index (Phi) is 7.90. The number of anilines is 1. The summed E-state index contributed by atoms with van der Waals surface area (Å²) in [5, 5.41) is 11.8. The second-order valence-corrected chi connectivity index (χ2v) is 10.7. The second-order valence-electron chi connectivity index (χ2n) is 10.7. The number of nitrogens with one attached hydrogen (secondary N) is 1. The number of aromatic hydroxyl groups is 1. The molecule has 0 spiro atoms. The zero-order valence-corrected chi connectivity index (χ0v) is 22.2. The number of alkyl halides is 3. The number of phenols is 1. The van der Waals surface area contributed by atoms with Gasteiger partial charge in [0.15, 0.2) is 0 Å². The number of nitrogens with zero attached hydrogens (tertiary/aromatic N) is 2. The molecule has 0 atom stereocenters. The fourth-order valence-corrected chi connectivity index (χ4v) is 4.49. The van der Waals surface area contributed by atoms with Crippen molar-refractivity contribution in [3.8, 4) is 16.9 Å². The summed E-state index contributed by atoms with van der Waals surface area (Å²) in [6.07, 6.45) is -4.47. The number of benzene rings is 3. The third kappa shape index (κ3) is 7.10. The van der Waals surface area contributed by atoms with Gasteiger partial charge in [-0.2, -0.15) is 13.2 Å². The molecule has 1 heterocycles. The second kappa shape index (κ2) is 11.0. The van der Waals surface area contributed by atoms with Crippen molar-refractivity contribution in [2.75, 3.05) is 37.6 Å². The van der Waals surface area contributed by atoms with Gasteiger partial charge in [-0.3, -0.25) is 9.59 Å². The van der Waals surface area contributed by atoms with E-state index >= 15 is 0 Å². The molecule has 39 heavy (non-hydrogen) atoms. The van der Waals surface area contributed by atoms with Gasteiger partial charge in [-0.15, -0.1) is 0 Å². The van der Waals surface area contributed by atoms with Crippen molar-refractivity contribution in [2.45, 2.75) is 32.4 Å². The Bertz CT molecular complexity index is 1340. The monoisotopic (exact) mass is 539 g/mol. The van der Waals surface area contributed by atoms with Crippen molar-refractivity contribution in [1.82, 2.24) is 10.2 Å². The van der Waals surface area contributed by atoms with E-state index in [1.54, 1.807) is 30.3 Å². The highest BCUT2D eigenvalue weighted by Crippen LogP contribution is 2.31. The van der Waals surface area contributed by atoms with E-state index in [2.05, 4.69) is 31.7 Å². The summed E-state index contributed by atoms with van der Waals surface area (Å²) in [6, 6.07) is 19.2. The molecule has 1 saturated heterocycles. The smallest absolute Gasteiger partial charge is 0.405 e. The molecule has 4 rings (SSSR count). The van der Waals surface area contributed by atoms with E-state index in [-0.39, 0.29) is 22.6 Å². The summed E-state index contributed by atoms with van der Waals surface area (Å²) in [7, 11) is 0. The largest absolute Gasteiger partial charge is 0.508 e. The van der Waals surface area contributed by atoms with Gasteiger partial charge in [0.25, 0.3) is 11.8 Å². The van der Waals surface area contributed by atoms with Crippen molar-refractivity contribution in [3.63, 3.8) is 0 Å². The van der Waals surface area contributed by atoms with E-state index in [9.17, 15) is 27.9 Å². The van der Waals surface area contributed by atoms with Crippen LogP contribution in [-0.4, -0.2) is 60.7 Å². The maximum atomic E-state index is 13.6. The molecular weight excluding hydrogens is 507 g/mol. The normalized spacial score (nSPS) is 14.3. The van der Waals surface area contributed by atoms with Crippen molar-refractivity contribution >= 4 is 17.5 Å². The number of amides is 2. The standard InChI is InChI=1S/C30H32F3N3O3/c1-29(2,3)24-16-22(21-5-4-6-26(37)18-21)15-23(17-24)28(39)36-13-11-35(12-14-36)25-9-7-20(8-10-25)27(38)34-19-30(31,32)33/h4-10,15-18,37H,11-14,19H2,1-3H3,(H,34,38). The topological polar surface area (TPSA) is 72.9 Å². The third-order valence-electron chi connectivity index (χ3n) is 6.74. The molecule has 0 unspecified atom stereocenters. The molecule has 1 aliphatic heterocycles. The minimum Gasteiger partial charge on any atom is -0.508 e. The van der Waals surface area contributed by atoms with Gasteiger partial charge in [-0.05, 0) is 70.6 Å². The lowest BCUT2D eigenvalue weighted by molar-refractivity contribution is -0.123. The number of carbonyl (C=O) groups is 2. The highest BCUT2D eigenvalue weighted by molar-refractivity contribution is 5.96. The van der Waals surface area contributed by atoms with E-state index in [1.165, 1.54) is 12.1 Å². The lowest BCUT2D eigenvalue weighted by Crippen LogP contribution is -2.48. The molecule has 0 saturated carbocycles. The summed E-state index contributed by atoms with van der Waals surface area (Å²) in [6.45, 7) is 7.03. The zero-order valence-electron chi connectivity index (χ0n) is 22.2. The van der Waals surface area contributed by atoms with Crippen molar-refractivity contribution in [2.24, 2.45) is 0 Å². The number of rotatable bonds is 5. The van der Waals surface area contributed by atoms with Crippen LogP contribution in [0.1, 0.15) is 47.1 Å². The number of phenolic OH excluding ortho intramolecular Hbond substituents is 1. The minimum absolute atomic E-state index is 0.0705. The quantitative estimate of drug-likeness (QED) is 0.442. The highest BCUT2D eigenvalue weighted by Gasteiger charge is 2.28. The number of halogens is 3. The van der Waals surface area contributed by atoms with Gasteiger partial charge in [0, 0.05) is 43.0 Å². The molecule has 0 aliphatic carbocycles. The zero-order chi connectivity index (χ0) is 28.4. The SMILES string of the molecule is CC(C)(C)c1cc(C(=O)N2CCN(c3ccc(C(=O)NCC(F)(F)F)cc3)CC2)cc(-c2cccc(O)c2)c1. The molecular formula is C30H32F3N3O3. The first-order chi connectivity index (χ1) is 18.3. The van der Waals surface area contributed by atoms with Crippen LogP contribution in [0.2, 0.25) is 0 Å². The van der Waals surface area contributed by atoms with Crippen LogP contribution in [0.5, 0.6) is 5.75 Å². The Morgan fingerprint density at radius 3 is 2.10 bits per heavy atom. The Hall–Kier alpha value is -4.01. The van der Waals surface area contributed by atoms with Gasteiger partial charge in [0.05, 0.1) is 0 Å². The van der Waals surface area contributed by atoms with E-state index in [1.807, 2.05) is 28.4 Å². The Morgan fingerprint density at radius 2 is 1.51 bits per heavy atom. The lowest BCUT2D eigenvalue weighted by atomic mass is 9.84. The van der Waals surface area contributed by atoms with Crippen molar-refractivity contribution < 1.29 is 27.9 Å². The van der Waals surface area contributed by atoms with Gasteiger partial charge in [-0.25, -0.2) is 0 Å². The van der Waals surface area contributed by atoms with Crippen LogP contribution < -0.4 is 10.2 Å². The number of piperazine rings is 1. The first-order valence-corrected chi connectivity index (χ1v) is 12.7. The Morgan fingerprint density at radius 1 is 0.846 bits per heavy atom.